The molecule has 0 aliphatic rings. The van der Waals surface area contributed by atoms with Gasteiger partial charge in [-0.15, -0.1) is 0 Å². The second-order valence-electron chi connectivity index (χ2n) is 7.22. The van der Waals surface area contributed by atoms with E-state index in [1.54, 1.807) is 6.07 Å². The Balaban J connectivity index is 1.74. The number of benzene rings is 2. The van der Waals surface area contributed by atoms with E-state index in [0.717, 1.165) is 16.5 Å². The largest absolute Gasteiger partial charge is 0.451 e. The number of carbonyl (C=O) groups excluding carboxylic acids is 1. The summed E-state index contributed by atoms with van der Waals surface area (Å²) in [5.41, 5.74) is 3.21. The summed E-state index contributed by atoms with van der Waals surface area (Å²) in [6.07, 6.45) is 0. The van der Waals surface area contributed by atoms with Gasteiger partial charge in [-0.05, 0) is 35.6 Å². The van der Waals surface area contributed by atoms with Crippen molar-refractivity contribution < 1.29 is 9.21 Å². The van der Waals surface area contributed by atoms with E-state index in [-0.39, 0.29) is 17.4 Å². The molecule has 3 aromatic rings. The number of hydrogen-bond donors (Lipinski definition) is 1. The first-order valence-corrected chi connectivity index (χ1v) is 8.24. The van der Waals surface area contributed by atoms with E-state index in [9.17, 15) is 4.79 Å². The minimum absolute atomic E-state index is 0.0836. The van der Waals surface area contributed by atoms with Gasteiger partial charge in [-0.3, -0.25) is 4.79 Å². The van der Waals surface area contributed by atoms with Crippen LogP contribution >= 0.6 is 0 Å². The smallest absolute Gasteiger partial charge is 0.287 e. The van der Waals surface area contributed by atoms with Crippen LogP contribution in [0, 0.1) is 0 Å². The van der Waals surface area contributed by atoms with Crippen molar-refractivity contribution in [3.05, 3.63) is 71.5 Å². The first kappa shape index (κ1) is 16.3. The van der Waals surface area contributed by atoms with E-state index in [1.807, 2.05) is 31.2 Å². The molecule has 0 saturated heterocycles. The van der Waals surface area contributed by atoms with Crippen LogP contribution in [-0.4, -0.2) is 5.91 Å². The van der Waals surface area contributed by atoms with Crippen molar-refractivity contribution in [2.75, 3.05) is 0 Å². The van der Waals surface area contributed by atoms with E-state index >= 15 is 0 Å². The molecule has 1 N–H and O–H groups in total. The Kier molecular flexibility index (Phi) is 4.18. The zero-order valence-electron chi connectivity index (χ0n) is 14.6. The third-order valence-electron chi connectivity index (χ3n) is 4.27. The van der Waals surface area contributed by atoms with Gasteiger partial charge in [0.15, 0.2) is 5.76 Å². The molecule has 1 atom stereocenters. The summed E-state index contributed by atoms with van der Waals surface area (Å²) in [5.74, 6) is 0.146. The van der Waals surface area contributed by atoms with Crippen molar-refractivity contribution in [1.29, 1.82) is 0 Å². The molecule has 0 aliphatic heterocycles. The molecule has 0 saturated carbocycles. The maximum Gasteiger partial charge on any atom is 0.287 e. The topological polar surface area (TPSA) is 42.2 Å². The number of hydrogen-bond acceptors (Lipinski definition) is 2. The lowest BCUT2D eigenvalue weighted by Crippen LogP contribution is -2.26. The Labute approximate surface area is 142 Å². The van der Waals surface area contributed by atoms with Gasteiger partial charge in [-0.25, -0.2) is 0 Å². The average Bonchev–Trinajstić information content (AvgIpc) is 2.98. The lowest BCUT2D eigenvalue weighted by Gasteiger charge is -2.20. The molecule has 1 heterocycles. The standard InChI is InChI=1S/C21H23NO2/c1-14(15-9-11-17(12-10-15)21(2,3)4)22-20(23)19-13-16-7-5-6-8-18(16)24-19/h5-14H,1-4H3,(H,22,23)/t14-/m1/s1. The lowest BCUT2D eigenvalue weighted by atomic mass is 9.86. The van der Waals surface area contributed by atoms with Crippen LogP contribution in [-0.2, 0) is 5.41 Å². The van der Waals surface area contributed by atoms with Gasteiger partial charge in [0.2, 0.25) is 0 Å². The fraction of sp³-hybridized carbons (Fsp3) is 0.286. The first-order valence-electron chi connectivity index (χ1n) is 8.24. The Hall–Kier alpha value is -2.55. The van der Waals surface area contributed by atoms with Gasteiger partial charge in [-0.1, -0.05) is 63.2 Å². The summed E-state index contributed by atoms with van der Waals surface area (Å²) < 4.78 is 5.62. The fourth-order valence-electron chi connectivity index (χ4n) is 2.72. The number of para-hydroxylation sites is 1. The molecular formula is C21H23NO2. The van der Waals surface area contributed by atoms with E-state index in [4.69, 9.17) is 4.42 Å². The molecule has 0 spiro atoms. The maximum absolute atomic E-state index is 12.4. The number of fused-ring (bicyclic) bond motifs is 1. The Morgan fingerprint density at radius 3 is 2.33 bits per heavy atom. The molecule has 124 valence electrons. The van der Waals surface area contributed by atoms with Gasteiger partial charge >= 0.3 is 0 Å². The maximum atomic E-state index is 12.4. The number of rotatable bonds is 3. The third kappa shape index (κ3) is 3.35. The van der Waals surface area contributed by atoms with E-state index in [1.165, 1.54) is 5.56 Å². The SMILES string of the molecule is C[C@@H](NC(=O)c1cc2ccccc2o1)c1ccc(C(C)(C)C)cc1. The molecule has 3 rings (SSSR count). The second kappa shape index (κ2) is 6.16. The summed E-state index contributed by atoms with van der Waals surface area (Å²) in [6, 6.07) is 17.7. The highest BCUT2D eigenvalue weighted by atomic mass is 16.3. The van der Waals surface area contributed by atoms with Crippen LogP contribution in [0.1, 0.15) is 55.4 Å². The Morgan fingerprint density at radius 1 is 1.04 bits per heavy atom. The lowest BCUT2D eigenvalue weighted by molar-refractivity contribution is 0.0914. The van der Waals surface area contributed by atoms with Crippen molar-refractivity contribution in [1.82, 2.24) is 5.32 Å². The summed E-state index contributed by atoms with van der Waals surface area (Å²) >= 11 is 0. The highest BCUT2D eigenvalue weighted by Gasteiger charge is 2.17. The van der Waals surface area contributed by atoms with E-state index in [2.05, 4.69) is 50.4 Å². The highest BCUT2D eigenvalue weighted by Crippen LogP contribution is 2.24. The molecule has 0 fully saturated rings. The van der Waals surface area contributed by atoms with Crippen molar-refractivity contribution in [2.45, 2.75) is 39.2 Å². The predicted molar refractivity (Wildman–Crippen MR) is 97.2 cm³/mol. The molecule has 0 radical (unpaired) electrons. The van der Waals surface area contributed by atoms with E-state index in [0.29, 0.717) is 5.76 Å². The van der Waals surface area contributed by atoms with Crippen LogP contribution in [0.3, 0.4) is 0 Å². The molecule has 1 aromatic heterocycles. The summed E-state index contributed by atoms with van der Waals surface area (Å²) in [6.45, 7) is 8.55. The summed E-state index contributed by atoms with van der Waals surface area (Å²) in [7, 11) is 0. The Morgan fingerprint density at radius 2 is 1.71 bits per heavy atom. The van der Waals surface area contributed by atoms with Gasteiger partial charge in [-0.2, -0.15) is 0 Å². The zero-order chi connectivity index (χ0) is 17.3. The van der Waals surface area contributed by atoms with E-state index < -0.39 is 0 Å². The van der Waals surface area contributed by atoms with Crippen LogP contribution in [0.15, 0.2) is 59.0 Å². The van der Waals surface area contributed by atoms with Gasteiger partial charge in [0.1, 0.15) is 5.58 Å². The molecule has 1 amide bonds. The minimum Gasteiger partial charge on any atom is -0.451 e. The van der Waals surface area contributed by atoms with Gasteiger partial charge in [0.05, 0.1) is 6.04 Å². The van der Waals surface area contributed by atoms with Crippen molar-refractivity contribution in [2.24, 2.45) is 0 Å². The van der Waals surface area contributed by atoms with Crippen LogP contribution in [0.4, 0.5) is 0 Å². The second-order valence-corrected chi connectivity index (χ2v) is 7.22. The molecule has 0 aliphatic carbocycles. The molecule has 0 unspecified atom stereocenters. The van der Waals surface area contributed by atoms with Crippen LogP contribution in [0.5, 0.6) is 0 Å². The zero-order valence-corrected chi connectivity index (χ0v) is 14.6. The number of nitrogens with one attached hydrogen (secondary N) is 1. The number of furan rings is 1. The third-order valence-corrected chi connectivity index (χ3v) is 4.27. The number of amides is 1. The van der Waals surface area contributed by atoms with Crippen LogP contribution < -0.4 is 5.32 Å². The van der Waals surface area contributed by atoms with Crippen LogP contribution in [0.25, 0.3) is 11.0 Å². The van der Waals surface area contributed by atoms with Crippen molar-refractivity contribution in [3.8, 4) is 0 Å². The van der Waals surface area contributed by atoms with Crippen LogP contribution in [0.2, 0.25) is 0 Å². The van der Waals surface area contributed by atoms with Crippen molar-refractivity contribution >= 4 is 16.9 Å². The molecule has 3 heteroatoms. The first-order chi connectivity index (χ1) is 11.3. The summed E-state index contributed by atoms with van der Waals surface area (Å²) in [4.78, 5) is 12.4. The monoisotopic (exact) mass is 321 g/mol. The molecule has 3 nitrogen and oxygen atoms in total. The van der Waals surface area contributed by atoms with Gasteiger partial charge in [0, 0.05) is 5.39 Å². The number of carbonyl (C=O) groups is 1. The fourth-order valence-corrected chi connectivity index (χ4v) is 2.72. The average molecular weight is 321 g/mol. The predicted octanol–water partition coefficient (Wildman–Crippen LogP) is 5.22. The van der Waals surface area contributed by atoms with Crippen molar-refractivity contribution in [3.63, 3.8) is 0 Å². The molecule has 2 aromatic carbocycles. The highest BCUT2D eigenvalue weighted by molar-refractivity contribution is 5.96. The van der Waals surface area contributed by atoms with Gasteiger partial charge in [0.25, 0.3) is 5.91 Å². The quantitative estimate of drug-likeness (QED) is 0.718. The van der Waals surface area contributed by atoms with Gasteiger partial charge < -0.3 is 9.73 Å². The Bertz CT molecular complexity index is 820. The molecule has 0 bridgehead atoms. The normalized spacial score (nSPS) is 13.0. The minimum atomic E-state index is -0.196. The molecule has 24 heavy (non-hydrogen) atoms. The molecular weight excluding hydrogens is 298 g/mol. The summed E-state index contributed by atoms with van der Waals surface area (Å²) in [5, 5.41) is 3.93.